The number of halogens is 1. The molecular weight excluding hydrogens is 391 g/mol. The lowest BCUT2D eigenvalue weighted by atomic mass is 10.4. The predicted molar refractivity (Wildman–Crippen MR) is 106 cm³/mol. The first-order chi connectivity index (χ1) is 10.7. The van der Waals surface area contributed by atoms with Crippen LogP contribution in [0.1, 0.15) is 0 Å². The average Bonchev–Trinajstić information content (AvgIpc) is 2.58. The van der Waals surface area contributed by atoms with Crippen molar-refractivity contribution in [2.45, 2.75) is 4.90 Å². The lowest BCUT2D eigenvalue weighted by Gasteiger charge is -2.22. The van der Waals surface area contributed by atoms with E-state index in [1.54, 1.807) is 0 Å². The smallest absolute Gasteiger partial charge is 0.0659 e. The molecule has 0 saturated carbocycles. The van der Waals surface area contributed by atoms with Crippen LogP contribution in [0.2, 0.25) is 0 Å². The Labute approximate surface area is 148 Å². The second kappa shape index (κ2) is 7.14. The van der Waals surface area contributed by atoms with E-state index in [0.717, 1.165) is 4.47 Å². The van der Waals surface area contributed by atoms with E-state index in [0.29, 0.717) is 0 Å². The number of benzene rings is 3. The van der Waals surface area contributed by atoms with Gasteiger partial charge in [-0.25, -0.2) is 0 Å². The molecule has 0 bridgehead atoms. The highest BCUT2D eigenvalue weighted by Crippen LogP contribution is 2.60. The van der Waals surface area contributed by atoms with E-state index in [9.17, 15) is 0 Å². The lowest BCUT2D eigenvalue weighted by molar-refractivity contribution is 1.45. The van der Waals surface area contributed by atoms with Crippen LogP contribution in [0.25, 0.3) is 0 Å². The minimum Gasteiger partial charge on any atom is -0.0790 e. The number of hydrogen-bond acceptors (Lipinski definition) is 2. The highest BCUT2D eigenvalue weighted by molar-refractivity contribution is 9.10. The van der Waals surface area contributed by atoms with Crippen molar-refractivity contribution in [2.75, 3.05) is 0 Å². The van der Waals surface area contributed by atoms with Crippen LogP contribution in [-0.4, -0.2) is 0 Å². The normalized spacial score (nSPS) is 11.3. The maximum absolute atomic E-state index is 6.21. The van der Waals surface area contributed by atoms with Crippen LogP contribution in [0.4, 0.5) is 0 Å². The molecule has 0 spiro atoms. The van der Waals surface area contributed by atoms with E-state index < -0.39 is 5.24 Å². The summed E-state index contributed by atoms with van der Waals surface area (Å²) in [7, 11) is 0. The molecule has 4 heteroatoms. The summed E-state index contributed by atoms with van der Waals surface area (Å²) in [6.07, 6.45) is 0. The Morgan fingerprint density at radius 2 is 1.14 bits per heavy atom. The Bertz CT molecular complexity index is 743. The molecule has 0 atom stereocenters. The third-order valence-corrected chi connectivity index (χ3v) is 11.1. The van der Waals surface area contributed by atoms with Gasteiger partial charge in [-0.2, -0.15) is 0 Å². The summed E-state index contributed by atoms with van der Waals surface area (Å²) in [5, 5.41) is 0.553. The molecule has 0 aliphatic heterocycles. The minimum atomic E-state index is -1.93. The Morgan fingerprint density at radius 1 is 0.682 bits per heavy atom. The Balaban J connectivity index is 2.08. The van der Waals surface area contributed by atoms with Crippen LogP contribution in [0.5, 0.6) is 0 Å². The van der Waals surface area contributed by atoms with Gasteiger partial charge in [0.1, 0.15) is 0 Å². The highest BCUT2D eigenvalue weighted by atomic mass is 79.9. The molecule has 0 amide bonds. The van der Waals surface area contributed by atoms with Crippen LogP contribution in [0, 0.1) is 0 Å². The van der Waals surface area contributed by atoms with Crippen LogP contribution in [0.15, 0.2) is 94.3 Å². The van der Waals surface area contributed by atoms with Crippen molar-refractivity contribution in [1.82, 2.24) is 0 Å². The second-order valence-corrected chi connectivity index (χ2v) is 13.0. The van der Waals surface area contributed by atoms with Crippen molar-refractivity contribution in [2.24, 2.45) is 0 Å². The van der Waals surface area contributed by atoms with Crippen molar-refractivity contribution in [3.05, 3.63) is 89.4 Å². The standard InChI is InChI=1S/C18H14BrPS2/c19-15-11-13-18(14-12-15)22-20(21,16-7-3-1-4-8-16)17-9-5-2-6-10-17/h1-14H. The molecule has 3 aromatic carbocycles. The van der Waals surface area contributed by atoms with E-state index in [4.69, 9.17) is 11.8 Å². The van der Waals surface area contributed by atoms with Gasteiger partial charge >= 0.3 is 0 Å². The zero-order valence-corrected chi connectivity index (χ0v) is 15.8. The molecule has 0 radical (unpaired) electrons. The van der Waals surface area contributed by atoms with Gasteiger partial charge in [-0.3, -0.25) is 0 Å². The second-order valence-electron chi connectivity index (χ2n) is 4.77. The maximum atomic E-state index is 6.21. The summed E-state index contributed by atoms with van der Waals surface area (Å²) in [4.78, 5) is 1.21. The lowest BCUT2D eigenvalue weighted by Crippen LogP contribution is -2.12. The SMILES string of the molecule is S=P(Sc1ccc(Br)cc1)(c1ccccc1)c1ccccc1. The summed E-state index contributed by atoms with van der Waals surface area (Å²) in [5.41, 5.74) is 0. The fraction of sp³-hybridized carbons (Fsp3) is 0. The van der Waals surface area contributed by atoms with E-state index in [2.05, 4.69) is 88.7 Å². The van der Waals surface area contributed by atoms with E-state index in [1.165, 1.54) is 15.5 Å². The molecule has 0 nitrogen and oxygen atoms in total. The maximum Gasteiger partial charge on any atom is 0.0659 e. The Hall–Kier alpha value is -0.860. The monoisotopic (exact) mass is 404 g/mol. The fourth-order valence-corrected chi connectivity index (χ4v) is 8.73. The van der Waals surface area contributed by atoms with E-state index >= 15 is 0 Å². The molecule has 0 unspecified atom stereocenters. The third-order valence-electron chi connectivity index (χ3n) is 3.24. The predicted octanol–water partition coefficient (Wildman–Crippen LogP) is 5.59. The summed E-state index contributed by atoms with van der Waals surface area (Å²) in [6, 6.07) is 29.4. The molecule has 22 heavy (non-hydrogen) atoms. The quantitative estimate of drug-likeness (QED) is 0.520. The summed E-state index contributed by atoms with van der Waals surface area (Å²) >= 11 is 11.5. The highest BCUT2D eigenvalue weighted by Gasteiger charge is 2.23. The van der Waals surface area contributed by atoms with Crippen molar-refractivity contribution in [1.29, 1.82) is 0 Å². The molecule has 3 rings (SSSR count). The number of rotatable bonds is 4. The molecule has 0 aliphatic carbocycles. The largest absolute Gasteiger partial charge is 0.0790 e. The van der Waals surface area contributed by atoms with Crippen LogP contribution in [-0.2, 0) is 11.8 Å². The zero-order chi connectivity index (χ0) is 15.4. The van der Waals surface area contributed by atoms with Gasteiger partial charge in [0.25, 0.3) is 0 Å². The van der Waals surface area contributed by atoms with Gasteiger partial charge in [0.2, 0.25) is 0 Å². The first-order valence-corrected chi connectivity index (χ1v) is 11.9. The summed E-state index contributed by atoms with van der Waals surface area (Å²) < 4.78 is 1.09. The molecule has 0 aliphatic rings. The molecule has 0 fully saturated rings. The number of hydrogen-bond donors (Lipinski definition) is 0. The average molecular weight is 405 g/mol. The van der Waals surface area contributed by atoms with E-state index in [-0.39, 0.29) is 0 Å². The third kappa shape index (κ3) is 3.55. The van der Waals surface area contributed by atoms with Gasteiger partial charge in [0, 0.05) is 9.37 Å². The van der Waals surface area contributed by atoms with Crippen molar-refractivity contribution in [3.63, 3.8) is 0 Å². The Morgan fingerprint density at radius 3 is 1.59 bits per heavy atom. The topological polar surface area (TPSA) is 0 Å². The molecular formula is C18H14BrPS2. The van der Waals surface area contributed by atoms with Crippen LogP contribution >= 0.6 is 32.6 Å². The molecule has 0 heterocycles. The van der Waals surface area contributed by atoms with Gasteiger partial charge in [0.15, 0.2) is 0 Å². The molecule has 110 valence electrons. The first-order valence-electron chi connectivity index (χ1n) is 6.85. The van der Waals surface area contributed by atoms with Crippen molar-refractivity contribution < 1.29 is 0 Å². The minimum absolute atomic E-state index is 1.09. The van der Waals surface area contributed by atoms with E-state index in [1.807, 2.05) is 23.5 Å². The van der Waals surface area contributed by atoms with Gasteiger partial charge in [-0.05, 0) is 34.9 Å². The van der Waals surface area contributed by atoms with Crippen LogP contribution in [0.3, 0.4) is 0 Å². The summed E-state index contributed by atoms with van der Waals surface area (Å²) in [5.74, 6) is 0. The van der Waals surface area contributed by atoms with Gasteiger partial charge in [0.05, 0.1) is 5.24 Å². The molecule has 0 N–H and O–H groups in total. The molecule has 3 aromatic rings. The van der Waals surface area contributed by atoms with Crippen molar-refractivity contribution in [3.8, 4) is 0 Å². The first kappa shape index (κ1) is 16.0. The molecule has 0 aromatic heterocycles. The fourth-order valence-electron chi connectivity index (χ4n) is 2.15. The Kier molecular flexibility index (Phi) is 5.20. The zero-order valence-electron chi connectivity index (χ0n) is 11.7. The molecule has 0 saturated heterocycles. The summed E-state index contributed by atoms with van der Waals surface area (Å²) in [6.45, 7) is 0. The van der Waals surface area contributed by atoms with Gasteiger partial charge < -0.3 is 0 Å². The van der Waals surface area contributed by atoms with Crippen LogP contribution < -0.4 is 10.6 Å². The van der Waals surface area contributed by atoms with Crippen molar-refractivity contribution >= 4 is 55.0 Å². The van der Waals surface area contributed by atoms with Gasteiger partial charge in [-0.1, -0.05) is 99.8 Å². The van der Waals surface area contributed by atoms with Gasteiger partial charge in [-0.15, -0.1) is 0 Å².